The standard InChI is InChI=1S/C12H13BrN2O6S/c13-7-4-8-9(21-6-11(16)15-8)5-10(7)22(19,20)14-3-1-2-12(17)18/h4-5,14H,1-3,6H2,(H,15,16)(H,17,18). The van der Waals surface area contributed by atoms with E-state index in [1.165, 1.54) is 12.1 Å². The number of hydrogen-bond donors (Lipinski definition) is 3. The van der Waals surface area contributed by atoms with E-state index in [0.29, 0.717) is 5.69 Å². The fourth-order valence-corrected chi connectivity index (χ4v) is 3.94. The second-order valence-corrected chi connectivity index (χ2v) is 7.10. The van der Waals surface area contributed by atoms with Gasteiger partial charge in [0.1, 0.15) is 5.75 Å². The summed E-state index contributed by atoms with van der Waals surface area (Å²) in [4.78, 5) is 21.6. The van der Waals surface area contributed by atoms with E-state index in [1.807, 2.05) is 0 Å². The summed E-state index contributed by atoms with van der Waals surface area (Å²) in [6.07, 6.45) is 0.0622. The number of carboxylic acid groups (broad SMARTS) is 1. The van der Waals surface area contributed by atoms with Crippen molar-refractivity contribution in [2.24, 2.45) is 0 Å². The molecule has 1 heterocycles. The predicted octanol–water partition coefficient (Wildman–Crippen LogP) is 0.923. The number of benzene rings is 1. The minimum atomic E-state index is -3.82. The van der Waals surface area contributed by atoms with Crippen LogP contribution in [0.25, 0.3) is 0 Å². The van der Waals surface area contributed by atoms with E-state index in [0.717, 1.165) is 0 Å². The zero-order valence-electron chi connectivity index (χ0n) is 11.3. The van der Waals surface area contributed by atoms with Crippen LogP contribution in [0.4, 0.5) is 5.69 Å². The number of halogens is 1. The molecule has 0 bridgehead atoms. The largest absolute Gasteiger partial charge is 0.482 e. The fraction of sp³-hybridized carbons (Fsp3) is 0.333. The molecule has 8 nitrogen and oxygen atoms in total. The maximum atomic E-state index is 12.2. The molecule has 1 aromatic carbocycles. The highest BCUT2D eigenvalue weighted by atomic mass is 79.9. The first kappa shape index (κ1) is 16.7. The minimum Gasteiger partial charge on any atom is -0.482 e. The van der Waals surface area contributed by atoms with Crippen LogP contribution in [0.15, 0.2) is 21.5 Å². The van der Waals surface area contributed by atoms with E-state index in [2.05, 4.69) is 26.0 Å². The van der Waals surface area contributed by atoms with Gasteiger partial charge in [-0.15, -0.1) is 0 Å². The van der Waals surface area contributed by atoms with E-state index < -0.39 is 16.0 Å². The number of hydrogen-bond acceptors (Lipinski definition) is 5. The average Bonchev–Trinajstić information content (AvgIpc) is 2.42. The minimum absolute atomic E-state index is 0.00967. The number of ether oxygens (including phenoxy) is 1. The molecule has 1 aliphatic heterocycles. The molecule has 1 aromatic rings. The summed E-state index contributed by atoms with van der Waals surface area (Å²) in [5, 5.41) is 11.1. The SMILES string of the molecule is O=C(O)CCCNS(=O)(=O)c1cc2c(cc1Br)NC(=O)CO2. The van der Waals surface area contributed by atoms with Crippen LogP contribution in [0.1, 0.15) is 12.8 Å². The molecule has 1 aliphatic rings. The maximum Gasteiger partial charge on any atom is 0.303 e. The summed E-state index contributed by atoms with van der Waals surface area (Å²) in [6, 6.07) is 2.75. The molecule has 2 rings (SSSR count). The lowest BCUT2D eigenvalue weighted by Gasteiger charge is -2.19. The van der Waals surface area contributed by atoms with E-state index in [1.54, 1.807) is 0 Å². The molecule has 0 saturated heterocycles. The van der Waals surface area contributed by atoms with Crippen LogP contribution < -0.4 is 14.8 Å². The Bertz CT molecular complexity index is 719. The zero-order chi connectivity index (χ0) is 16.3. The molecule has 0 radical (unpaired) electrons. The molecule has 0 aromatic heterocycles. The predicted molar refractivity (Wildman–Crippen MR) is 80.3 cm³/mol. The first-order chi connectivity index (χ1) is 10.3. The Morgan fingerprint density at radius 3 is 2.86 bits per heavy atom. The number of nitrogens with one attached hydrogen (secondary N) is 2. The Kier molecular flexibility index (Phi) is 5.04. The summed E-state index contributed by atoms with van der Waals surface area (Å²) in [6.45, 7) is -0.171. The van der Waals surface area contributed by atoms with Crippen molar-refractivity contribution in [2.75, 3.05) is 18.5 Å². The van der Waals surface area contributed by atoms with Gasteiger partial charge in [-0.3, -0.25) is 9.59 Å². The van der Waals surface area contributed by atoms with Crippen molar-refractivity contribution >= 4 is 43.5 Å². The van der Waals surface area contributed by atoms with Crippen LogP contribution >= 0.6 is 15.9 Å². The third-order valence-corrected chi connectivity index (χ3v) is 5.24. The summed E-state index contributed by atoms with van der Waals surface area (Å²) in [5.41, 5.74) is 0.382. The smallest absolute Gasteiger partial charge is 0.303 e. The molecule has 120 valence electrons. The Morgan fingerprint density at radius 1 is 1.45 bits per heavy atom. The number of rotatable bonds is 6. The van der Waals surface area contributed by atoms with Crippen molar-refractivity contribution in [1.29, 1.82) is 0 Å². The lowest BCUT2D eigenvalue weighted by atomic mass is 10.2. The van der Waals surface area contributed by atoms with Gasteiger partial charge in [0.25, 0.3) is 5.91 Å². The summed E-state index contributed by atoms with van der Waals surface area (Å²) in [5.74, 6) is -1.05. The van der Waals surface area contributed by atoms with Crippen LogP contribution in [-0.4, -0.2) is 38.6 Å². The molecular weight excluding hydrogens is 380 g/mol. The third kappa shape index (κ3) is 3.96. The highest BCUT2D eigenvalue weighted by molar-refractivity contribution is 9.10. The van der Waals surface area contributed by atoms with Crippen molar-refractivity contribution in [3.63, 3.8) is 0 Å². The van der Waals surface area contributed by atoms with Crippen LogP contribution in [0, 0.1) is 0 Å². The summed E-state index contributed by atoms with van der Waals surface area (Å²) >= 11 is 3.14. The first-order valence-corrected chi connectivity index (χ1v) is 8.55. The fourth-order valence-electron chi connectivity index (χ4n) is 1.81. The van der Waals surface area contributed by atoms with Crippen LogP contribution in [0.2, 0.25) is 0 Å². The quantitative estimate of drug-likeness (QED) is 0.618. The Balaban J connectivity index is 2.17. The molecule has 10 heteroatoms. The van der Waals surface area contributed by atoms with Crippen molar-refractivity contribution in [1.82, 2.24) is 4.72 Å². The third-order valence-electron chi connectivity index (χ3n) is 2.82. The molecule has 1 amide bonds. The van der Waals surface area contributed by atoms with Gasteiger partial charge in [0.15, 0.2) is 6.61 Å². The normalized spacial score (nSPS) is 14.0. The number of sulfonamides is 1. The number of fused-ring (bicyclic) bond motifs is 1. The van der Waals surface area contributed by atoms with Crippen LogP contribution in [-0.2, 0) is 19.6 Å². The van der Waals surface area contributed by atoms with Gasteiger partial charge in [-0.1, -0.05) is 0 Å². The molecule has 0 aliphatic carbocycles. The lowest BCUT2D eigenvalue weighted by molar-refractivity contribution is -0.137. The lowest BCUT2D eigenvalue weighted by Crippen LogP contribution is -2.28. The highest BCUT2D eigenvalue weighted by Gasteiger charge is 2.23. The highest BCUT2D eigenvalue weighted by Crippen LogP contribution is 2.35. The number of aliphatic carboxylic acids is 1. The van der Waals surface area contributed by atoms with Gasteiger partial charge in [-0.25, -0.2) is 13.1 Å². The van der Waals surface area contributed by atoms with Crippen molar-refractivity contribution in [3.8, 4) is 5.75 Å². The van der Waals surface area contributed by atoms with Gasteiger partial charge < -0.3 is 15.2 Å². The molecular formula is C12H13BrN2O6S. The van der Waals surface area contributed by atoms with Crippen LogP contribution in [0.5, 0.6) is 5.75 Å². The number of carbonyl (C=O) groups excluding carboxylic acids is 1. The maximum absolute atomic E-state index is 12.2. The number of carbonyl (C=O) groups is 2. The van der Waals surface area contributed by atoms with Gasteiger partial charge >= 0.3 is 5.97 Å². The summed E-state index contributed by atoms with van der Waals surface area (Å²) < 4.78 is 32.2. The number of amides is 1. The van der Waals surface area contributed by atoms with E-state index >= 15 is 0 Å². The average molecular weight is 393 g/mol. The van der Waals surface area contributed by atoms with Gasteiger partial charge in [0.2, 0.25) is 10.0 Å². The first-order valence-electron chi connectivity index (χ1n) is 6.27. The van der Waals surface area contributed by atoms with Crippen molar-refractivity contribution in [2.45, 2.75) is 17.7 Å². The number of anilines is 1. The Hall–Kier alpha value is -1.65. The Labute approximate surface area is 135 Å². The van der Waals surface area contributed by atoms with Gasteiger partial charge in [-0.05, 0) is 28.4 Å². The second kappa shape index (κ2) is 6.63. The van der Waals surface area contributed by atoms with Gasteiger partial charge in [0, 0.05) is 23.5 Å². The van der Waals surface area contributed by atoms with Crippen molar-refractivity contribution in [3.05, 3.63) is 16.6 Å². The zero-order valence-corrected chi connectivity index (χ0v) is 13.7. The topological polar surface area (TPSA) is 122 Å². The van der Waals surface area contributed by atoms with Gasteiger partial charge in [-0.2, -0.15) is 0 Å². The second-order valence-electron chi connectivity index (χ2n) is 4.51. The molecule has 22 heavy (non-hydrogen) atoms. The van der Waals surface area contributed by atoms with Gasteiger partial charge in [0.05, 0.1) is 10.6 Å². The molecule has 0 unspecified atom stereocenters. The molecule has 0 atom stereocenters. The van der Waals surface area contributed by atoms with E-state index in [4.69, 9.17) is 9.84 Å². The molecule has 3 N–H and O–H groups in total. The molecule has 0 fully saturated rings. The van der Waals surface area contributed by atoms with E-state index in [-0.39, 0.29) is 47.0 Å². The summed E-state index contributed by atoms with van der Waals surface area (Å²) in [7, 11) is -3.82. The van der Waals surface area contributed by atoms with Crippen LogP contribution in [0.3, 0.4) is 0 Å². The Morgan fingerprint density at radius 2 is 2.18 bits per heavy atom. The van der Waals surface area contributed by atoms with Crippen molar-refractivity contribution < 1.29 is 27.9 Å². The number of carboxylic acids is 1. The monoisotopic (exact) mass is 392 g/mol. The molecule has 0 spiro atoms. The molecule has 0 saturated carbocycles. The van der Waals surface area contributed by atoms with E-state index in [9.17, 15) is 18.0 Å².